The van der Waals surface area contributed by atoms with E-state index in [0.717, 1.165) is 37.3 Å². The molecule has 4 heteroatoms. The lowest BCUT2D eigenvalue weighted by Gasteiger charge is -2.21. The van der Waals surface area contributed by atoms with Gasteiger partial charge >= 0.3 is 0 Å². The predicted octanol–water partition coefficient (Wildman–Crippen LogP) is 1.94. The number of rotatable bonds is 1. The maximum atomic E-state index is 13.2. The molecule has 0 radical (unpaired) electrons. The van der Waals surface area contributed by atoms with Crippen molar-refractivity contribution in [3.8, 4) is 0 Å². The Morgan fingerprint density at radius 1 is 1.31 bits per heavy atom. The molecule has 1 aliphatic heterocycles. The molecule has 3 nitrogen and oxygen atoms in total. The van der Waals surface area contributed by atoms with Gasteiger partial charge in [0.2, 0.25) is 0 Å². The van der Waals surface area contributed by atoms with Gasteiger partial charge in [-0.05, 0) is 38.1 Å². The average Bonchev–Trinajstić information content (AvgIpc) is 2.73. The summed E-state index contributed by atoms with van der Waals surface area (Å²) >= 11 is 0. The van der Waals surface area contributed by atoms with Crippen LogP contribution < -0.4 is 5.32 Å². The van der Waals surface area contributed by atoms with Crippen LogP contribution in [0.25, 0.3) is 5.52 Å². The Morgan fingerprint density at radius 2 is 2.12 bits per heavy atom. The predicted molar refractivity (Wildman–Crippen MR) is 60.0 cm³/mol. The third-order valence-corrected chi connectivity index (χ3v) is 3.22. The van der Waals surface area contributed by atoms with Gasteiger partial charge in [-0.3, -0.25) is 0 Å². The molecular formula is C12H14FN3. The van der Waals surface area contributed by atoms with Crippen molar-refractivity contribution in [2.24, 2.45) is 0 Å². The van der Waals surface area contributed by atoms with Crippen LogP contribution in [0.15, 0.2) is 24.5 Å². The summed E-state index contributed by atoms with van der Waals surface area (Å²) in [6.45, 7) is 2.05. The van der Waals surface area contributed by atoms with Gasteiger partial charge in [0.1, 0.15) is 11.6 Å². The molecule has 0 atom stereocenters. The summed E-state index contributed by atoms with van der Waals surface area (Å²) in [5, 5.41) is 3.32. The number of fused-ring (bicyclic) bond motifs is 1. The van der Waals surface area contributed by atoms with Crippen LogP contribution in [0.4, 0.5) is 4.39 Å². The van der Waals surface area contributed by atoms with Crippen molar-refractivity contribution in [2.75, 3.05) is 13.1 Å². The molecule has 3 heterocycles. The Labute approximate surface area is 93.3 Å². The van der Waals surface area contributed by atoms with Gasteiger partial charge in [0.15, 0.2) is 0 Å². The topological polar surface area (TPSA) is 29.3 Å². The lowest BCUT2D eigenvalue weighted by atomic mass is 9.97. The van der Waals surface area contributed by atoms with Gasteiger partial charge in [-0.25, -0.2) is 9.37 Å². The van der Waals surface area contributed by atoms with Crippen molar-refractivity contribution in [1.29, 1.82) is 0 Å². The first-order chi connectivity index (χ1) is 7.84. The minimum atomic E-state index is -0.208. The second-order valence-corrected chi connectivity index (χ2v) is 4.28. The standard InChI is InChI=1S/C12H14FN3/c13-10-1-2-11-7-15-12(16(11)8-10)9-3-5-14-6-4-9/h1-2,7-9,14H,3-6H2. The van der Waals surface area contributed by atoms with E-state index in [1.807, 2.05) is 10.6 Å². The summed E-state index contributed by atoms with van der Waals surface area (Å²) in [6.07, 6.45) is 5.50. The van der Waals surface area contributed by atoms with Crippen LogP contribution in [0.5, 0.6) is 0 Å². The van der Waals surface area contributed by atoms with Crippen molar-refractivity contribution >= 4 is 5.52 Å². The number of nitrogens with one attached hydrogen (secondary N) is 1. The normalized spacial score (nSPS) is 18.1. The highest BCUT2D eigenvalue weighted by Gasteiger charge is 2.19. The number of nitrogens with zero attached hydrogens (tertiary/aromatic N) is 2. The molecule has 1 fully saturated rings. The molecule has 16 heavy (non-hydrogen) atoms. The molecule has 0 unspecified atom stereocenters. The van der Waals surface area contributed by atoms with Gasteiger partial charge in [0.05, 0.1) is 11.7 Å². The minimum absolute atomic E-state index is 0.208. The fraction of sp³-hybridized carbons (Fsp3) is 0.417. The number of halogens is 1. The van der Waals surface area contributed by atoms with Crippen molar-refractivity contribution in [3.63, 3.8) is 0 Å². The average molecular weight is 219 g/mol. The SMILES string of the molecule is Fc1ccc2cnc(C3CCNCC3)n2c1. The monoisotopic (exact) mass is 219 g/mol. The Bertz CT molecular complexity index is 500. The Hall–Kier alpha value is -1.42. The molecule has 1 N–H and O–H groups in total. The zero-order chi connectivity index (χ0) is 11.0. The van der Waals surface area contributed by atoms with E-state index >= 15 is 0 Å². The van der Waals surface area contributed by atoms with Crippen LogP contribution in [-0.4, -0.2) is 22.5 Å². The molecule has 0 amide bonds. The quantitative estimate of drug-likeness (QED) is 0.794. The van der Waals surface area contributed by atoms with E-state index in [1.165, 1.54) is 12.3 Å². The smallest absolute Gasteiger partial charge is 0.139 e. The van der Waals surface area contributed by atoms with Gasteiger partial charge in [-0.15, -0.1) is 0 Å². The maximum Gasteiger partial charge on any atom is 0.139 e. The Morgan fingerprint density at radius 3 is 2.94 bits per heavy atom. The summed E-state index contributed by atoms with van der Waals surface area (Å²) in [6, 6.07) is 3.25. The largest absolute Gasteiger partial charge is 0.317 e. The minimum Gasteiger partial charge on any atom is -0.317 e. The highest BCUT2D eigenvalue weighted by molar-refractivity contribution is 5.46. The molecule has 84 valence electrons. The molecule has 2 aromatic heterocycles. The lowest BCUT2D eigenvalue weighted by Crippen LogP contribution is -2.27. The zero-order valence-electron chi connectivity index (χ0n) is 8.99. The van der Waals surface area contributed by atoms with Crippen molar-refractivity contribution < 1.29 is 4.39 Å². The maximum absolute atomic E-state index is 13.2. The van der Waals surface area contributed by atoms with E-state index < -0.39 is 0 Å². The summed E-state index contributed by atoms with van der Waals surface area (Å²) in [7, 11) is 0. The first-order valence-corrected chi connectivity index (χ1v) is 5.68. The molecule has 0 aliphatic carbocycles. The van der Waals surface area contributed by atoms with Crippen LogP contribution in [0.2, 0.25) is 0 Å². The van der Waals surface area contributed by atoms with E-state index in [0.29, 0.717) is 5.92 Å². The first-order valence-electron chi connectivity index (χ1n) is 5.68. The number of hydrogen-bond acceptors (Lipinski definition) is 2. The third-order valence-electron chi connectivity index (χ3n) is 3.22. The van der Waals surface area contributed by atoms with Crippen molar-refractivity contribution in [1.82, 2.24) is 14.7 Å². The molecule has 0 spiro atoms. The van der Waals surface area contributed by atoms with Gasteiger partial charge in [0, 0.05) is 12.1 Å². The third kappa shape index (κ3) is 1.59. The van der Waals surface area contributed by atoms with Gasteiger partial charge in [-0.1, -0.05) is 0 Å². The van der Waals surface area contributed by atoms with Gasteiger partial charge < -0.3 is 9.72 Å². The van der Waals surface area contributed by atoms with E-state index in [9.17, 15) is 4.39 Å². The van der Waals surface area contributed by atoms with Gasteiger partial charge in [-0.2, -0.15) is 0 Å². The first kappa shape index (κ1) is 9.78. The van der Waals surface area contributed by atoms with Crippen molar-refractivity contribution in [3.05, 3.63) is 36.2 Å². The van der Waals surface area contributed by atoms with Crippen LogP contribution in [0.1, 0.15) is 24.6 Å². The Kier molecular flexibility index (Phi) is 2.36. The molecule has 0 bridgehead atoms. The van der Waals surface area contributed by atoms with E-state index in [1.54, 1.807) is 6.07 Å². The summed E-state index contributed by atoms with van der Waals surface area (Å²) < 4.78 is 15.1. The Balaban J connectivity index is 2.05. The molecule has 3 rings (SSSR count). The fourth-order valence-electron chi connectivity index (χ4n) is 2.37. The fourth-order valence-corrected chi connectivity index (χ4v) is 2.37. The van der Waals surface area contributed by atoms with Crippen LogP contribution >= 0.6 is 0 Å². The lowest BCUT2D eigenvalue weighted by molar-refractivity contribution is 0.443. The van der Waals surface area contributed by atoms with E-state index in [-0.39, 0.29) is 5.82 Å². The molecule has 0 aromatic carbocycles. The highest BCUT2D eigenvalue weighted by atomic mass is 19.1. The molecule has 1 saturated heterocycles. The van der Waals surface area contributed by atoms with Crippen LogP contribution in [0.3, 0.4) is 0 Å². The van der Waals surface area contributed by atoms with Crippen LogP contribution in [-0.2, 0) is 0 Å². The summed E-state index contributed by atoms with van der Waals surface area (Å²) in [5.41, 5.74) is 0.968. The van der Waals surface area contributed by atoms with E-state index in [4.69, 9.17) is 0 Å². The molecular weight excluding hydrogens is 205 g/mol. The highest BCUT2D eigenvalue weighted by Crippen LogP contribution is 2.24. The second kappa shape index (κ2) is 3.87. The van der Waals surface area contributed by atoms with E-state index in [2.05, 4.69) is 10.3 Å². The summed E-state index contributed by atoms with van der Waals surface area (Å²) in [4.78, 5) is 4.43. The second-order valence-electron chi connectivity index (χ2n) is 4.28. The van der Waals surface area contributed by atoms with Crippen LogP contribution in [0, 0.1) is 5.82 Å². The molecule has 0 saturated carbocycles. The number of hydrogen-bond donors (Lipinski definition) is 1. The number of piperidine rings is 1. The number of pyridine rings is 1. The zero-order valence-corrected chi connectivity index (χ0v) is 8.99. The summed E-state index contributed by atoms with van der Waals surface area (Å²) in [5.74, 6) is 1.24. The molecule has 1 aliphatic rings. The number of aromatic nitrogens is 2. The van der Waals surface area contributed by atoms with Crippen molar-refractivity contribution in [2.45, 2.75) is 18.8 Å². The number of imidazole rings is 1. The van der Waals surface area contributed by atoms with Gasteiger partial charge in [0.25, 0.3) is 0 Å². The molecule has 2 aromatic rings.